The van der Waals surface area contributed by atoms with E-state index in [0.29, 0.717) is 34.8 Å². The van der Waals surface area contributed by atoms with E-state index in [0.717, 1.165) is 79.5 Å². The molecule has 7 nitrogen and oxygen atoms in total. The lowest BCUT2D eigenvalue weighted by Gasteiger charge is -2.34. The molecule has 4 aromatic rings. The maximum absolute atomic E-state index is 16.5. The van der Waals surface area contributed by atoms with Crippen LogP contribution in [0.5, 0.6) is 6.01 Å². The molecule has 4 fully saturated rings. The molecular formula is C30H32ClFN6O. The lowest BCUT2D eigenvalue weighted by Crippen LogP contribution is -2.51. The van der Waals surface area contributed by atoms with Crippen molar-refractivity contribution in [2.45, 2.75) is 56.1 Å². The second-order valence-electron chi connectivity index (χ2n) is 11.8. The third-order valence-electron chi connectivity index (χ3n) is 9.51. The van der Waals surface area contributed by atoms with E-state index in [-0.39, 0.29) is 17.4 Å². The molecule has 9 heteroatoms. The molecule has 4 aliphatic rings. The minimum Gasteiger partial charge on any atom is -0.461 e. The van der Waals surface area contributed by atoms with Gasteiger partial charge in [-0.3, -0.25) is 4.90 Å². The van der Waals surface area contributed by atoms with Crippen LogP contribution < -0.4 is 15.0 Å². The fourth-order valence-corrected chi connectivity index (χ4v) is 7.90. The summed E-state index contributed by atoms with van der Waals surface area (Å²) in [6.45, 7) is 4.50. The number of aromatic nitrogens is 3. The van der Waals surface area contributed by atoms with Gasteiger partial charge in [-0.25, -0.2) is 4.39 Å². The number of nitrogens with one attached hydrogen (secondary N) is 2. The first-order valence-electron chi connectivity index (χ1n) is 14.2. The first-order valence-corrected chi connectivity index (χ1v) is 14.6. The van der Waals surface area contributed by atoms with Crippen LogP contribution in [0.3, 0.4) is 0 Å². The van der Waals surface area contributed by atoms with Gasteiger partial charge in [-0.1, -0.05) is 23.7 Å². The summed E-state index contributed by atoms with van der Waals surface area (Å²) in [7, 11) is 0. The molecule has 2 aromatic carbocycles. The monoisotopic (exact) mass is 546 g/mol. The molecule has 2 bridgehead atoms. The van der Waals surface area contributed by atoms with E-state index in [1.165, 1.54) is 12.8 Å². The van der Waals surface area contributed by atoms with E-state index < -0.39 is 0 Å². The van der Waals surface area contributed by atoms with Crippen LogP contribution in [0.4, 0.5) is 10.2 Å². The van der Waals surface area contributed by atoms with Gasteiger partial charge < -0.3 is 19.9 Å². The Morgan fingerprint density at radius 3 is 2.62 bits per heavy atom. The van der Waals surface area contributed by atoms with Crippen LogP contribution >= 0.6 is 11.6 Å². The number of fused-ring (bicyclic) bond motifs is 5. The summed E-state index contributed by atoms with van der Waals surface area (Å²) in [4.78, 5) is 17.8. The van der Waals surface area contributed by atoms with Crippen molar-refractivity contribution < 1.29 is 9.13 Å². The average molecular weight is 547 g/mol. The number of aromatic amines is 1. The molecule has 2 atom stereocenters. The molecule has 0 amide bonds. The Morgan fingerprint density at radius 2 is 1.82 bits per heavy atom. The quantitative estimate of drug-likeness (QED) is 0.343. The summed E-state index contributed by atoms with van der Waals surface area (Å²) >= 11 is 6.55. The number of hydrogen-bond acceptors (Lipinski definition) is 6. The highest BCUT2D eigenvalue weighted by molar-refractivity contribution is 6.36. The molecule has 4 saturated heterocycles. The Hall–Kier alpha value is -2.94. The highest BCUT2D eigenvalue weighted by Gasteiger charge is 2.45. The van der Waals surface area contributed by atoms with E-state index in [4.69, 9.17) is 26.3 Å². The zero-order valence-electron chi connectivity index (χ0n) is 21.9. The van der Waals surface area contributed by atoms with E-state index in [2.05, 4.69) is 20.1 Å². The van der Waals surface area contributed by atoms with Crippen molar-refractivity contribution >= 4 is 39.2 Å². The molecule has 0 unspecified atom stereocenters. The maximum atomic E-state index is 16.5. The smallest absolute Gasteiger partial charge is 0.319 e. The number of hydrogen-bond donors (Lipinski definition) is 2. The fraction of sp³-hybridized carbons (Fsp3) is 0.467. The molecule has 2 N–H and O–H groups in total. The fourth-order valence-electron chi connectivity index (χ4n) is 7.62. The van der Waals surface area contributed by atoms with Crippen molar-refractivity contribution in [3.8, 4) is 17.1 Å². The van der Waals surface area contributed by atoms with Crippen molar-refractivity contribution in [2.75, 3.05) is 37.7 Å². The second-order valence-corrected chi connectivity index (χ2v) is 12.2. The van der Waals surface area contributed by atoms with Gasteiger partial charge in [-0.05, 0) is 69.8 Å². The first-order chi connectivity index (χ1) is 19.1. The molecule has 39 heavy (non-hydrogen) atoms. The largest absolute Gasteiger partial charge is 0.461 e. The van der Waals surface area contributed by atoms with Gasteiger partial charge in [0.15, 0.2) is 5.82 Å². The van der Waals surface area contributed by atoms with Gasteiger partial charge in [-0.2, -0.15) is 9.97 Å². The van der Waals surface area contributed by atoms with Crippen molar-refractivity contribution in [3.05, 3.63) is 47.4 Å². The van der Waals surface area contributed by atoms with Gasteiger partial charge in [0.1, 0.15) is 17.9 Å². The molecule has 8 rings (SSSR count). The summed E-state index contributed by atoms with van der Waals surface area (Å²) in [5.74, 6) is 0.393. The van der Waals surface area contributed by atoms with E-state index in [9.17, 15) is 0 Å². The van der Waals surface area contributed by atoms with E-state index in [1.54, 1.807) is 0 Å². The molecular weight excluding hydrogens is 515 g/mol. The number of rotatable bonds is 5. The highest BCUT2D eigenvalue weighted by Crippen LogP contribution is 2.41. The Balaban J connectivity index is 1.24. The van der Waals surface area contributed by atoms with Crippen LogP contribution in [0.2, 0.25) is 5.02 Å². The Kier molecular flexibility index (Phi) is 5.54. The van der Waals surface area contributed by atoms with Gasteiger partial charge >= 0.3 is 6.01 Å². The van der Waals surface area contributed by atoms with Gasteiger partial charge in [0.05, 0.1) is 10.6 Å². The molecule has 4 aliphatic heterocycles. The van der Waals surface area contributed by atoms with E-state index >= 15 is 4.39 Å². The van der Waals surface area contributed by atoms with Gasteiger partial charge in [0, 0.05) is 58.8 Å². The number of ether oxygens (including phenoxy) is 1. The van der Waals surface area contributed by atoms with Crippen molar-refractivity contribution in [1.29, 1.82) is 0 Å². The van der Waals surface area contributed by atoms with Crippen molar-refractivity contribution in [1.82, 2.24) is 25.2 Å². The number of nitrogens with zero attached hydrogens (tertiary/aromatic N) is 4. The predicted octanol–water partition coefficient (Wildman–Crippen LogP) is 5.52. The molecule has 0 saturated carbocycles. The molecule has 2 aromatic heterocycles. The predicted molar refractivity (Wildman–Crippen MR) is 152 cm³/mol. The SMILES string of the molecule is Fc1c(-c2c[nH]c3cccc(Cl)c23)ccc2c(N3C[C@H]4CC[C@@H](C3)N4)nc(OCC34CCCN3CCC4)nc12. The first kappa shape index (κ1) is 23.9. The number of benzene rings is 2. The molecule has 0 aliphatic carbocycles. The maximum Gasteiger partial charge on any atom is 0.319 e. The highest BCUT2D eigenvalue weighted by atomic mass is 35.5. The molecule has 6 heterocycles. The third kappa shape index (κ3) is 3.83. The number of piperazine rings is 1. The number of H-pyrrole nitrogens is 1. The summed E-state index contributed by atoms with van der Waals surface area (Å²) < 4.78 is 22.9. The Labute approximate surface area is 231 Å². The normalized spacial score (nSPS) is 24.2. The van der Waals surface area contributed by atoms with Crippen LogP contribution in [0.15, 0.2) is 36.5 Å². The van der Waals surface area contributed by atoms with Crippen LogP contribution in [0.25, 0.3) is 32.9 Å². The zero-order valence-corrected chi connectivity index (χ0v) is 22.6. The van der Waals surface area contributed by atoms with E-state index in [1.807, 2.05) is 36.5 Å². The minimum absolute atomic E-state index is 0.0633. The van der Waals surface area contributed by atoms with Crippen LogP contribution in [0, 0.1) is 5.82 Å². The summed E-state index contributed by atoms with van der Waals surface area (Å²) in [6.07, 6.45) is 8.80. The van der Waals surface area contributed by atoms with Gasteiger partial charge in [0.2, 0.25) is 0 Å². The number of halogens is 2. The average Bonchev–Trinajstić information content (AvgIpc) is 3.71. The Morgan fingerprint density at radius 1 is 1.03 bits per heavy atom. The van der Waals surface area contributed by atoms with Crippen LogP contribution in [-0.4, -0.2) is 70.3 Å². The summed E-state index contributed by atoms with van der Waals surface area (Å²) in [6, 6.07) is 10.6. The van der Waals surface area contributed by atoms with Gasteiger partial charge in [0.25, 0.3) is 0 Å². The third-order valence-corrected chi connectivity index (χ3v) is 9.82. The van der Waals surface area contributed by atoms with Gasteiger partial charge in [-0.15, -0.1) is 0 Å². The van der Waals surface area contributed by atoms with Crippen molar-refractivity contribution in [2.24, 2.45) is 0 Å². The van der Waals surface area contributed by atoms with Crippen molar-refractivity contribution in [3.63, 3.8) is 0 Å². The molecule has 202 valence electrons. The van der Waals surface area contributed by atoms with Crippen LogP contribution in [-0.2, 0) is 0 Å². The lowest BCUT2D eigenvalue weighted by molar-refractivity contribution is 0.108. The Bertz CT molecular complexity index is 1570. The minimum atomic E-state index is -0.374. The second kappa shape index (κ2) is 9.04. The topological polar surface area (TPSA) is 69.3 Å². The molecule has 0 spiro atoms. The number of anilines is 1. The molecule has 0 radical (unpaired) electrons. The zero-order chi connectivity index (χ0) is 26.1. The van der Waals surface area contributed by atoms with Crippen LogP contribution in [0.1, 0.15) is 38.5 Å². The summed E-state index contributed by atoms with van der Waals surface area (Å²) in [5, 5.41) is 5.80. The lowest BCUT2D eigenvalue weighted by atomic mass is 9.95. The standard InChI is InChI=1S/C30H32ClFN6O/c31-23-4-1-5-24-25(23)22(14-33-24)20-8-9-21-27(26(20)32)35-29(39-17-30-10-2-12-38(30)13-3-11-30)36-28(21)37-15-18-6-7-19(16-37)34-18/h1,4-5,8-9,14,18-19,33-34H,2-3,6-7,10-13,15-17H2/t18-,19+. The summed E-state index contributed by atoms with van der Waals surface area (Å²) in [5.41, 5.74) is 2.43.